The largest absolute Gasteiger partial charge is 1.00 e. The van der Waals surface area contributed by atoms with E-state index in [1.54, 1.807) is 12.1 Å². The fraction of sp³-hybridized carbons (Fsp3) is 0.0612. The quantitative estimate of drug-likeness (QED) is 0.0593. The number of rotatable bonds is 10. The zero-order chi connectivity index (χ0) is 45.0. The van der Waals surface area contributed by atoms with E-state index < -0.39 is 33.9 Å². The normalized spacial score (nSPS) is 10.6. The molecule has 0 aliphatic rings. The molecule has 2 aromatic heterocycles. The van der Waals surface area contributed by atoms with E-state index in [2.05, 4.69) is 180 Å². The van der Waals surface area contributed by atoms with Crippen molar-refractivity contribution in [1.82, 2.24) is 9.97 Å². The van der Waals surface area contributed by atoms with E-state index in [1.807, 2.05) is 38.1 Å². The van der Waals surface area contributed by atoms with Crippen molar-refractivity contribution in [2.45, 2.75) is 23.9 Å². The van der Waals surface area contributed by atoms with E-state index >= 15 is 0 Å². The molecule has 0 radical (unpaired) electrons. The van der Waals surface area contributed by atoms with Crippen LogP contribution in [0.15, 0.2) is 216 Å². The molecular formula is C49H44BCl2CuF4N2O2P2S+2. The predicted molar refractivity (Wildman–Crippen MR) is 263 cm³/mol. The molecule has 4 nitrogen and oxygen atoms in total. The number of hydrogen-bond donors (Lipinski definition) is 0. The molecule has 2 heterocycles. The molecule has 0 saturated carbocycles. The molecule has 0 aliphatic heterocycles. The minimum absolute atomic E-state index is 0. The third-order valence-corrected chi connectivity index (χ3v) is 15.6. The van der Waals surface area contributed by atoms with Crippen molar-refractivity contribution in [1.29, 1.82) is 0 Å². The number of aromatic nitrogens is 2. The minimum Gasteiger partial charge on any atom is -0.449 e. The average molecular weight is 1010 g/mol. The van der Waals surface area contributed by atoms with Crippen molar-refractivity contribution in [3.63, 3.8) is 0 Å². The Labute approximate surface area is 398 Å². The van der Waals surface area contributed by atoms with Gasteiger partial charge in [-0.2, -0.15) is 0 Å². The SMILES string of the molecule is Cc1cccc(S(=O)c2cccc(C)n2)n1.ClCCl.F[B-](F)(F)F.[Cu+].c1ccc([PH+](c2ccccc2)c2ccccc2Oc2ccccc2[PH+](c2ccccc2)c2ccccc2)cc1. The summed E-state index contributed by atoms with van der Waals surface area (Å²) in [6.07, 6.45) is 0. The summed E-state index contributed by atoms with van der Waals surface area (Å²) >= 11 is 9.53. The molecule has 332 valence electrons. The zero-order valence-electron chi connectivity index (χ0n) is 34.6. The van der Waals surface area contributed by atoms with Crippen LogP contribution >= 0.6 is 39.0 Å². The summed E-state index contributed by atoms with van der Waals surface area (Å²) in [6.45, 7) is 3.76. The standard InChI is InChI=1S/C36H28OP2.C12H12N2OS.CH2Cl2.BF4.Cu/c1-5-17-29(18-6-1)38(30-19-7-2-8-20-30)35-27-15-13-25-33(35)37-34-26-14-16-28-36(34)39(31-21-9-3-10-22-31)32-23-11-4-12-24-32;1-9-5-3-7-11(13-9)16(15)12-8-4-6-10(2)14-12;2-1-3;2-1(3,4)5;/h1-28H;3-8H,1-2H3;1H2;;/q;;;-1;+1/p+2. The summed E-state index contributed by atoms with van der Waals surface area (Å²) in [4.78, 5) is 8.48. The van der Waals surface area contributed by atoms with E-state index in [-0.39, 0.29) is 22.4 Å². The number of nitrogens with zero attached hydrogens (tertiary/aromatic N) is 2. The third-order valence-electron chi connectivity index (χ3n) is 8.89. The Balaban J connectivity index is 0.000000297. The summed E-state index contributed by atoms with van der Waals surface area (Å²) in [5, 5.41) is 9.18. The minimum atomic E-state index is -6.00. The molecule has 0 N–H and O–H groups in total. The maximum absolute atomic E-state index is 12.1. The van der Waals surface area contributed by atoms with Crippen LogP contribution in [0.4, 0.5) is 17.3 Å². The molecule has 0 fully saturated rings. The van der Waals surface area contributed by atoms with Gasteiger partial charge >= 0.3 is 24.3 Å². The molecule has 8 rings (SSSR count). The van der Waals surface area contributed by atoms with Gasteiger partial charge in [0.25, 0.3) is 0 Å². The van der Waals surface area contributed by atoms with Crippen LogP contribution in [0.2, 0.25) is 0 Å². The fourth-order valence-electron chi connectivity index (χ4n) is 6.37. The molecular weight excluding hydrogens is 964 g/mol. The van der Waals surface area contributed by atoms with Crippen molar-refractivity contribution >= 4 is 88.9 Å². The number of pyridine rings is 2. The molecule has 15 heteroatoms. The van der Waals surface area contributed by atoms with Gasteiger partial charge in [-0.25, -0.2) is 14.2 Å². The molecule has 6 aromatic carbocycles. The first-order valence-electron chi connectivity index (χ1n) is 19.6. The maximum atomic E-state index is 12.1. The monoisotopic (exact) mass is 1010 g/mol. The van der Waals surface area contributed by atoms with Gasteiger partial charge in [-0.1, -0.05) is 109 Å². The van der Waals surface area contributed by atoms with Crippen molar-refractivity contribution in [2.24, 2.45) is 0 Å². The topological polar surface area (TPSA) is 52.1 Å². The van der Waals surface area contributed by atoms with Gasteiger partial charge in [0.2, 0.25) is 0 Å². The molecule has 0 aliphatic carbocycles. The van der Waals surface area contributed by atoms with Crippen LogP contribution in [0, 0.1) is 13.8 Å². The number of benzene rings is 6. The summed E-state index contributed by atoms with van der Waals surface area (Å²) < 4.78 is 58.1. The molecule has 0 unspecified atom stereocenters. The first-order chi connectivity index (χ1) is 30.5. The Bertz CT molecular complexity index is 2380. The Morgan fingerprint density at radius 2 is 0.734 bits per heavy atom. The molecule has 0 atom stereocenters. The Morgan fingerprint density at radius 3 is 1.02 bits per heavy atom. The van der Waals surface area contributed by atoms with Gasteiger partial charge in [0.1, 0.15) is 68.5 Å². The summed E-state index contributed by atoms with van der Waals surface area (Å²) in [6, 6.07) is 71.6. The van der Waals surface area contributed by atoms with Crippen LogP contribution < -0.4 is 36.6 Å². The average Bonchev–Trinajstić information content (AvgIpc) is 3.29. The Hall–Kier alpha value is -4.69. The summed E-state index contributed by atoms with van der Waals surface area (Å²) in [5.41, 5.74) is 1.72. The number of halogens is 6. The van der Waals surface area contributed by atoms with Gasteiger partial charge in [0.05, 0.1) is 5.34 Å². The van der Waals surface area contributed by atoms with E-state index in [4.69, 9.17) is 27.9 Å². The molecule has 8 aromatic rings. The van der Waals surface area contributed by atoms with Gasteiger partial charge in [0.15, 0.2) is 11.5 Å². The van der Waals surface area contributed by atoms with Gasteiger partial charge in [-0.05, 0) is 111 Å². The summed E-state index contributed by atoms with van der Waals surface area (Å²) in [5.74, 6) is 1.85. The second kappa shape index (κ2) is 26.9. The van der Waals surface area contributed by atoms with Crippen molar-refractivity contribution in [3.05, 3.63) is 218 Å². The number of hydrogen-bond acceptors (Lipinski definition) is 4. The van der Waals surface area contributed by atoms with Gasteiger partial charge in [-0.15, -0.1) is 23.2 Å². The van der Waals surface area contributed by atoms with Crippen LogP contribution in [0.1, 0.15) is 11.4 Å². The molecule has 0 amide bonds. The Morgan fingerprint density at radius 1 is 0.469 bits per heavy atom. The summed E-state index contributed by atoms with van der Waals surface area (Å²) in [7, 11) is -9.85. The Kier molecular flexibility index (Phi) is 21.9. The van der Waals surface area contributed by atoms with Crippen LogP contribution in [0.25, 0.3) is 0 Å². The maximum Gasteiger partial charge on any atom is 1.00 e. The van der Waals surface area contributed by atoms with E-state index in [1.165, 1.54) is 31.8 Å². The van der Waals surface area contributed by atoms with Crippen LogP contribution in [-0.2, 0) is 27.9 Å². The zero-order valence-corrected chi connectivity index (χ0v) is 39.9. The van der Waals surface area contributed by atoms with E-state index in [0.29, 0.717) is 10.1 Å². The predicted octanol–water partition coefficient (Wildman–Crippen LogP) is 11.4. The number of para-hydroxylation sites is 2. The van der Waals surface area contributed by atoms with Gasteiger partial charge in [-0.3, -0.25) is 0 Å². The van der Waals surface area contributed by atoms with E-state index in [9.17, 15) is 21.5 Å². The number of ether oxygens (including phenoxy) is 1. The van der Waals surface area contributed by atoms with Crippen molar-refractivity contribution in [3.8, 4) is 11.5 Å². The number of alkyl halides is 2. The molecule has 0 bridgehead atoms. The second-order valence-corrected chi connectivity index (χ2v) is 20.5. The fourth-order valence-corrected chi connectivity index (χ4v) is 12.7. The van der Waals surface area contributed by atoms with E-state index in [0.717, 1.165) is 22.9 Å². The number of aryl methyl sites for hydroxylation is 2. The second-order valence-electron chi connectivity index (χ2n) is 13.4. The first-order valence-corrected chi connectivity index (χ1v) is 24.8. The molecule has 64 heavy (non-hydrogen) atoms. The van der Waals surface area contributed by atoms with Crippen LogP contribution in [0.3, 0.4) is 0 Å². The molecule has 0 saturated heterocycles. The van der Waals surface area contributed by atoms with Crippen LogP contribution in [-0.4, -0.2) is 26.8 Å². The third kappa shape index (κ3) is 16.4. The van der Waals surface area contributed by atoms with Crippen LogP contribution in [0.5, 0.6) is 11.5 Å². The first kappa shape index (κ1) is 51.9. The van der Waals surface area contributed by atoms with Gasteiger partial charge < -0.3 is 22.0 Å². The van der Waals surface area contributed by atoms with Crippen molar-refractivity contribution in [2.75, 3.05) is 5.34 Å². The molecule has 0 spiro atoms. The van der Waals surface area contributed by atoms with Gasteiger partial charge in [0, 0.05) is 11.4 Å². The van der Waals surface area contributed by atoms with Crippen molar-refractivity contribution < 1.29 is 43.3 Å². The smallest absolute Gasteiger partial charge is 0.449 e.